The summed E-state index contributed by atoms with van der Waals surface area (Å²) in [7, 11) is 0. The lowest BCUT2D eigenvalue weighted by atomic mass is 10.1. The molecule has 0 amide bonds. The summed E-state index contributed by atoms with van der Waals surface area (Å²) in [6.45, 7) is 2.54. The molecule has 0 aromatic carbocycles. The van der Waals surface area contributed by atoms with E-state index >= 15 is 0 Å². The van der Waals surface area contributed by atoms with Crippen molar-refractivity contribution in [1.82, 2.24) is 15.5 Å². The van der Waals surface area contributed by atoms with Crippen LogP contribution in [0.15, 0.2) is 4.42 Å². The van der Waals surface area contributed by atoms with Crippen molar-refractivity contribution in [2.45, 2.75) is 58.0 Å². The number of nitrogens with zero attached hydrogens (tertiary/aromatic N) is 2. The molecule has 0 radical (unpaired) electrons. The van der Waals surface area contributed by atoms with Gasteiger partial charge in [-0.1, -0.05) is 25.7 Å². The summed E-state index contributed by atoms with van der Waals surface area (Å²) < 4.78 is 5.32. The van der Waals surface area contributed by atoms with Gasteiger partial charge in [-0.25, -0.2) is 0 Å². The third kappa shape index (κ3) is 3.30. The topological polar surface area (TPSA) is 51.0 Å². The number of hydrogen-bond donors (Lipinski definition) is 1. The molecular weight excluding hydrogens is 190 g/mol. The van der Waals surface area contributed by atoms with Crippen LogP contribution in [0.4, 0.5) is 0 Å². The summed E-state index contributed by atoms with van der Waals surface area (Å²) in [5.41, 5.74) is 0. The lowest BCUT2D eigenvalue weighted by Gasteiger charge is -2.14. The van der Waals surface area contributed by atoms with Gasteiger partial charge in [0.25, 0.3) is 0 Å². The molecular formula is C11H19N3O. The summed E-state index contributed by atoms with van der Waals surface area (Å²) in [5, 5.41) is 11.3. The summed E-state index contributed by atoms with van der Waals surface area (Å²) in [6.07, 6.45) is 8.04. The molecule has 1 heterocycles. The van der Waals surface area contributed by atoms with Crippen molar-refractivity contribution in [2.75, 3.05) is 0 Å². The molecule has 15 heavy (non-hydrogen) atoms. The SMILES string of the molecule is Cc1nnc(CNC2CCCCCC2)o1. The van der Waals surface area contributed by atoms with Crippen molar-refractivity contribution in [3.8, 4) is 0 Å². The minimum atomic E-state index is 0.639. The second-order valence-electron chi connectivity index (χ2n) is 4.28. The number of nitrogens with one attached hydrogen (secondary N) is 1. The third-order valence-corrected chi connectivity index (χ3v) is 2.97. The van der Waals surface area contributed by atoms with E-state index < -0.39 is 0 Å². The van der Waals surface area contributed by atoms with E-state index in [2.05, 4.69) is 15.5 Å². The summed E-state index contributed by atoms with van der Waals surface area (Å²) in [4.78, 5) is 0. The standard InChI is InChI=1S/C11H19N3O/c1-9-13-14-11(15-9)8-12-10-6-4-2-3-5-7-10/h10,12H,2-8H2,1H3. The van der Waals surface area contributed by atoms with Gasteiger partial charge >= 0.3 is 0 Å². The van der Waals surface area contributed by atoms with Crippen LogP contribution in [-0.4, -0.2) is 16.2 Å². The molecule has 1 fully saturated rings. The van der Waals surface area contributed by atoms with E-state index in [-0.39, 0.29) is 0 Å². The zero-order valence-electron chi connectivity index (χ0n) is 9.33. The zero-order valence-corrected chi connectivity index (χ0v) is 9.33. The van der Waals surface area contributed by atoms with E-state index in [1.165, 1.54) is 38.5 Å². The fourth-order valence-corrected chi connectivity index (χ4v) is 2.12. The predicted octanol–water partition coefficient (Wildman–Crippen LogP) is 2.19. The minimum absolute atomic E-state index is 0.639. The van der Waals surface area contributed by atoms with E-state index in [1.54, 1.807) is 0 Å². The average molecular weight is 209 g/mol. The molecule has 0 spiro atoms. The van der Waals surface area contributed by atoms with Gasteiger partial charge in [-0.15, -0.1) is 10.2 Å². The fourth-order valence-electron chi connectivity index (χ4n) is 2.12. The van der Waals surface area contributed by atoms with E-state index in [0.717, 1.165) is 0 Å². The maximum absolute atomic E-state index is 5.32. The van der Waals surface area contributed by atoms with E-state index in [1.807, 2.05) is 6.92 Å². The first-order valence-corrected chi connectivity index (χ1v) is 5.87. The Morgan fingerprint density at radius 2 is 1.93 bits per heavy atom. The van der Waals surface area contributed by atoms with Crippen LogP contribution in [-0.2, 0) is 6.54 Å². The fraction of sp³-hybridized carbons (Fsp3) is 0.818. The first-order chi connectivity index (χ1) is 7.34. The second kappa shape index (κ2) is 5.26. The Labute approximate surface area is 90.5 Å². The molecule has 0 bridgehead atoms. The van der Waals surface area contributed by atoms with Crippen molar-refractivity contribution < 1.29 is 4.42 Å². The lowest BCUT2D eigenvalue weighted by molar-refractivity contribution is 0.399. The van der Waals surface area contributed by atoms with Gasteiger partial charge in [0, 0.05) is 13.0 Å². The highest BCUT2D eigenvalue weighted by Gasteiger charge is 2.12. The molecule has 0 aliphatic heterocycles. The van der Waals surface area contributed by atoms with Crippen LogP contribution in [0.5, 0.6) is 0 Å². The summed E-state index contributed by atoms with van der Waals surface area (Å²) in [5.74, 6) is 1.35. The Morgan fingerprint density at radius 3 is 2.53 bits per heavy atom. The van der Waals surface area contributed by atoms with Gasteiger partial charge in [-0.2, -0.15) is 0 Å². The lowest BCUT2D eigenvalue weighted by Crippen LogP contribution is -2.27. The molecule has 1 aliphatic carbocycles. The van der Waals surface area contributed by atoms with Gasteiger partial charge in [0.05, 0.1) is 6.54 Å². The number of aromatic nitrogens is 2. The quantitative estimate of drug-likeness (QED) is 0.775. The van der Waals surface area contributed by atoms with Gasteiger partial charge in [0.2, 0.25) is 11.8 Å². The summed E-state index contributed by atoms with van der Waals surface area (Å²) in [6, 6.07) is 0.639. The molecule has 4 nitrogen and oxygen atoms in total. The van der Waals surface area contributed by atoms with Crippen LogP contribution in [0.2, 0.25) is 0 Å². The highest BCUT2D eigenvalue weighted by atomic mass is 16.4. The molecule has 0 unspecified atom stereocenters. The van der Waals surface area contributed by atoms with Crippen LogP contribution in [0.3, 0.4) is 0 Å². The molecule has 1 N–H and O–H groups in total. The van der Waals surface area contributed by atoms with Crippen LogP contribution in [0.1, 0.15) is 50.3 Å². The van der Waals surface area contributed by atoms with Gasteiger partial charge in [-0.05, 0) is 12.8 Å². The molecule has 0 saturated heterocycles. The summed E-state index contributed by atoms with van der Waals surface area (Å²) >= 11 is 0. The van der Waals surface area contributed by atoms with Crippen molar-refractivity contribution in [1.29, 1.82) is 0 Å². The average Bonchev–Trinajstić information content (AvgIpc) is 2.52. The predicted molar refractivity (Wildman–Crippen MR) is 57.4 cm³/mol. The minimum Gasteiger partial charge on any atom is -0.424 e. The van der Waals surface area contributed by atoms with Crippen LogP contribution >= 0.6 is 0 Å². The van der Waals surface area contributed by atoms with E-state index in [4.69, 9.17) is 4.42 Å². The van der Waals surface area contributed by atoms with Crippen molar-refractivity contribution >= 4 is 0 Å². The number of hydrogen-bond acceptors (Lipinski definition) is 4. The smallest absolute Gasteiger partial charge is 0.230 e. The Balaban J connectivity index is 1.76. The third-order valence-electron chi connectivity index (χ3n) is 2.97. The Bertz CT molecular complexity index is 290. The highest BCUT2D eigenvalue weighted by Crippen LogP contribution is 2.17. The molecule has 1 aromatic heterocycles. The van der Waals surface area contributed by atoms with Gasteiger partial charge in [0.1, 0.15) is 0 Å². The van der Waals surface area contributed by atoms with E-state index in [9.17, 15) is 0 Å². The largest absolute Gasteiger partial charge is 0.424 e. The maximum atomic E-state index is 5.32. The molecule has 1 aromatic rings. The highest BCUT2D eigenvalue weighted by molar-refractivity contribution is 4.80. The Morgan fingerprint density at radius 1 is 1.20 bits per heavy atom. The Kier molecular flexibility index (Phi) is 3.72. The molecule has 0 atom stereocenters. The Hall–Kier alpha value is -0.900. The number of rotatable bonds is 3. The van der Waals surface area contributed by atoms with Crippen molar-refractivity contribution in [3.63, 3.8) is 0 Å². The normalized spacial score (nSPS) is 19.0. The first-order valence-electron chi connectivity index (χ1n) is 5.87. The van der Waals surface area contributed by atoms with Crippen molar-refractivity contribution in [3.05, 3.63) is 11.8 Å². The molecule has 84 valence electrons. The van der Waals surface area contributed by atoms with E-state index in [0.29, 0.717) is 24.4 Å². The van der Waals surface area contributed by atoms with Crippen LogP contribution < -0.4 is 5.32 Å². The monoisotopic (exact) mass is 209 g/mol. The molecule has 2 rings (SSSR count). The molecule has 1 saturated carbocycles. The molecule has 4 heteroatoms. The van der Waals surface area contributed by atoms with Gasteiger partial charge in [-0.3, -0.25) is 0 Å². The second-order valence-corrected chi connectivity index (χ2v) is 4.28. The van der Waals surface area contributed by atoms with Gasteiger partial charge < -0.3 is 9.73 Å². The number of aryl methyl sites for hydroxylation is 1. The van der Waals surface area contributed by atoms with Crippen molar-refractivity contribution in [2.24, 2.45) is 0 Å². The van der Waals surface area contributed by atoms with Crippen LogP contribution in [0.25, 0.3) is 0 Å². The molecule has 1 aliphatic rings. The van der Waals surface area contributed by atoms with Crippen LogP contribution in [0, 0.1) is 6.92 Å². The van der Waals surface area contributed by atoms with Gasteiger partial charge in [0.15, 0.2) is 0 Å². The first kappa shape index (κ1) is 10.6. The zero-order chi connectivity index (χ0) is 10.5. The maximum Gasteiger partial charge on any atom is 0.230 e.